The summed E-state index contributed by atoms with van der Waals surface area (Å²) in [7, 11) is 0. The molecule has 1 fully saturated rings. The first-order chi connectivity index (χ1) is 16.9. The fraction of sp³-hybridized carbons (Fsp3) is 0.192. The zero-order valence-corrected chi connectivity index (χ0v) is 19.7. The molecule has 1 aliphatic heterocycles. The van der Waals surface area contributed by atoms with Crippen LogP contribution in [0.2, 0.25) is 5.02 Å². The monoisotopic (exact) mass is 491 g/mol. The normalized spacial score (nSPS) is 13.7. The number of piperazine rings is 1. The van der Waals surface area contributed by atoms with Crippen molar-refractivity contribution in [2.45, 2.75) is 6.92 Å². The highest BCUT2D eigenvalue weighted by Gasteiger charge is 2.16. The second-order valence-corrected chi connectivity index (χ2v) is 8.80. The van der Waals surface area contributed by atoms with Crippen LogP contribution in [0.3, 0.4) is 0 Å². The number of anilines is 3. The van der Waals surface area contributed by atoms with Crippen molar-refractivity contribution >= 4 is 45.5 Å². The van der Waals surface area contributed by atoms with Gasteiger partial charge in [-0.15, -0.1) is 0 Å². The van der Waals surface area contributed by atoms with E-state index in [-0.39, 0.29) is 10.8 Å². The lowest BCUT2D eigenvalue weighted by Gasteiger charge is -2.28. The van der Waals surface area contributed by atoms with Crippen LogP contribution in [0.25, 0.3) is 22.0 Å². The smallest absolute Gasteiger partial charge is 0.170 e. The van der Waals surface area contributed by atoms with Gasteiger partial charge in [-0.3, -0.25) is 9.78 Å². The molecular weight excluding hydrogens is 469 g/mol. The summed E-state index contributed by atoms with van der Waals surface area (Å²) in [5, 5.41) is 17.0. The zero-order chi connectivity index (χ0) is 24.5. The van der Waals surface area contributed by atoms with Gasteiger partial charge >= 0.3 is 0 Å². The minimum absolute atomic E-state index is 0.0790. The summed E-state index contributed by atoms with van der Waals surface area (Å²) < 4.78 is 14.1. The van der Waals surface area contributed by atoms with Gasteiger partial charge in [-0.05, 0) is 54.4 Å². The van der Waals surface area contributed by atoms with Crippen molar-refractivity contribution in [1.29, 1.82) is 0 Å². The van der Waals surface area contributed by atoms with Crippen molar-refractivity contribution in [3.8, 4) is 16.9 Å². The molecule has 1 aliphatic rings. The van der Waals surface area contributed by atoms with Gasteiger partial charge in [-0.1, -0.05) is 17.7 Å². The SMILES string of the molecule is CC(=O)c1cnc2ccc(-c3cc(F)c(O)c(Cl)c3)cc2c1Nc1ccc(N2CCNCC2)nc1. The van der Waals surface area contributed by atoms with Crippen molar-refractivity contribution in [2.24, 2.45) is 0 Å². The van der Waals surface area contributed by atoms with Gasteiger partial charge < -0.3 is 20.6 Å². The number of nitrogens with one attached hydrogen (secondary N) is 2. The summed E-state index contributed by atoms with van der Waals surface area (Å²) >= 11 is 5.99. The summed E-state index contributed by atoms with van der Waals surface area (Å²) in [5.74, 6) is -0.638. The lowest BCUT2D eigenvalue weighted by molar-refractivity contribution is 0.101. The van der Waals surface area contributed by atoms with Gasteiger partial charge in [0.05, 0.1) is 33.7 Å². The number of halogens is 2. The summed E-state index contributed by atoms with van der Waals surface area (Å²) in [6.45, 7) is 5.12. The molecule has 0 radical (unpaired) electrons. The van der Waals surface area contributed by atoms with E-state index in [1.165, 1.54) is 19.1 Å². The van der Waals surface area contributed by atoms with Crippen LogP contribution in [0.5, 0.6) is 5.75 Å². The number of phenolic OH excluding ortho intramolecular Hbond substituents is 1. The van der Waals surface area contributed by atoms with Gasteiger partial charge in [0, 0.05) is 37.8 Å². The maximum atomic E-state index is 14.1. The Labute approximate surface area is 206 Å². The molecule has 4 aromatic rings. The molecule has 0 saturated carbocycles. The van der Waals surface area contributed by atoms with Gasteiger partial charge in [0.1, 0.15) is 5.82 Å². The molecule has 0 atom stereocenters. The van der Waals surface area contributed by atoms with Crippen LogP contribution >= 0.6 is 11.6 Å². The molecule has 0 spiro atoms. The highest BCUT2D eigenvalue weighted by atomic mass is 35.5. The second kappa shape index (κ2) is 9.48. The summed E-state index contributed by atoms with van der Waals surface area (Å²) in [6.07, 6.45) is 3.29. The van der Waals surface area contributed by atoms with Crippen LogP contribution in [0.15, 0.2) is 54.9 Å². The average Bonchev–Trinajstić information content (AvgIpc) is 2.87. The van der Waals surface area contributed by atoms with Crippen LogP contribution in [0.4, 0.5) is 21.6 Å². The molecule has 1 saturated heterocycles. The topological polar surface area (TPSA) is 90.4 Å². The molecule has 35 heavy (non-hydrogen) atoms. The zero-order valence-electron chi connectivity index (χ0n) is 19.0. The quantitative estimate of drug-likeness (QED) is 0.332. The lowest BCUT2D eigenvalue weighted by atomic mass is 10.00. The number of pyridine rings is 2. The van der Waals surface area contributed by atoms with E-state index in [4.69, 9.17) is 11.6 Å². The molecule has 178 valence electrons. The van der Waals surface area contributed by atoms with E-state index >= 15 is 0 Å². The van der Waals surface area contributed by atoms with Crippen molar-refractivity contribution in [3.63, 3.8) is 0 Å². The molecule has 2 aromatic heterocycles. The largest absolute Gasteiger partial charge is 0.504 e. The number of phenols is 1. The Hall–Kier alpha value is -3.75. The molecule has 0 bridgehead atoms. The Morgan fingerprint density at radius 1 is 1.09 bits per heavy atom. The van der Waals surface area contributed by atoms with Gasteiger partial charge in [-0.2, -0.15) is 0 Å². The first kappa shape index (κ1) is 23.0. The Bertz CT molecular complexity index is 1400. The van der Waals surface area contributed by atoms with Gasteiger partial charge in [0.25, 0.3) is 0 Å². The first-order valence-electron chi connectivity index (χ1n) is 11.2. The third-order valence-corrected chi connectivity index (χ3v) is 6.34. The van der Waals surface area contributed by atoms with Gasteiger partial charge in [0.15, 0.2) is 17.3 Å². The highest BCUT2D eigenvalue weighted by molar-refractivity contribution is 6.32. The van der Waals surface area contributed by atoms with Crippen LogP contribution in [-0.2, 0) is 0 Å². The summed E-state index contributed by atoms with van der Waals surface area (Å²) in [6, 6.07) is 12.0. The standard InChI is InChI=1S/C26H23ClFN5O2/c1-15(34)20-14-30-23-4-2-16(17-11-21(27)26(35)22(28)12-17)10-19(23)25(20)32-18-3-5-24(31-13-18)33-8-6-29-7-9-33/h2-5,10-14,29,35H,6-9H2,1H3,(H,30,32). The fourth-order valence-corrected chi connectivity index (χ4v) is 4.40. The summed E-state index contributed by atoms with van der Waals surface area (Å²) in [5.41, 5.74) is 3.56. The van der Waals surface area contributed by atoms with E-state index in [0.29, 0.717) is 33.3 Å². The number of ketones is 1. The molecule has 0 aliphatic carbocycles. The van der Waals surface area contributed by atoms with Crippen LogP contribution in [0, 0.1) is 5.82 Å². The molecule has 3 heterocycles. The Balaban J connectivity index is 1.56. The van der Waals surface area contributed by atoms with Crippen molar-refractivity contribution in [3.05, 3.63) is 71.3 Å². The number of aromatic hydroxyl groups is 1. The summed E-state index contributed by atoms with van der Waals surface area (Å²) in [4.78, 5) is 23.7. The number of rotatable bonds is 5. The van der Waals surface area contributed by atoms with Crippen molar-refractivity contribution < 1.29 is 14.3 Å². The minimum Gasteiger partial charge on any atom is -0.504 e. The average molecular weight is 492 g/mol. The predicted octanol–water partition coefficient (Wildman–Crippen LogP) is 5.15. The fourth-order valence-electron chi connectivity index (χ4n) is 4.19. The number of Topliss-reactive ketones (excluding diaryl/α,β-unsaturated/α-hetero) is 1. The lowest BCUT2D eigenvalue weighted by Crippen LogP contribution is -2.43. The van der Waals surface area contributed by atoms with Crippen LogP contribution in [0.1, 0.15) is 17.3 Å². The molecule has 0 amide bonds. The number of hydrogen-bond acceptors (Lipinski definition) is 7. The number of aromatic nitrogens is 2. The third kappa shape index (κ3) is 4.62. The number of benzene rings is 2. The van der Waals surface area contributed by atoms with Gasteiger partial charge in [-0.25, -0.2) is 9.37 Å². The Kier molecular flexibility index (Phi) is 6.23. The third-order valence-electron chi connectivity index (χ3n) is 6.06. The maximum Gasteiger partial charge on any atom is 0.170 e. The minimum atomic E-state index is -0.808. The van der Waals surface area contributed by atoms with E-state index in [2.05, 4.69) is 25.5 Å². The molecular formula is C26H23ClFN5O2. The van der Waals surface area contributed by atoms with E-state index in [1.54, 1.807) is 24.5 Å². The van der Waals surface area contributed by atoms with Crippen molar-refractivity contribution in [2.75, 3.05) is 36.4 Å². The predicted molar refractivity (Wildman–Crippen MR) is 136 cm³/mol. The highest BCUT2D eigenvalue weighted by Crippen LogP contribution is 2.36. The molecule has 7 nitrogen and oxygen atoms in total. The van der Waals surface area contributed by atoms with Gasteiger partial charge in [0.2, 0.25) is 0 Å². The Morgan fingerprint density at radius 2 is 1.89 bits per heavy atom. The number of carbonyl (C=O) groups is 1. The number of fused-ring (bicyclic) bond motifs is 1. The molecule has 0 unspecified atom stereocenters. The molecule has 9 heteroatoms. The number of carbonyl (C=O) groups excluding carboxylic acids is 1. The van der Waals surface area contributed by atoms with Crippen molar-refractivity contribution in [1.82, 2.24) is 15.3 Å². The number of hydrogen-bond donors (Lipinski definition) is 3. The van der Waals surface area contributed by atoms with E-state index in [9.17, 15) is 14.3 Å². The molecule has 3 N–H and O–H groups in total. The number of nitrogens with zero attached hydrogens (tertiary/aromatic N) is 3. The van der Waals surface area contributed by atoms with E-state index in [0.717, 1.165) is 37.7 Å². The first-order valence-corrected chi connectivity index (χ1v) is 11.6. The van der Waals surface area contributed by atoms with Crippen LogP contribution < -0.4 is 15.5 Å². The maximum absolute atomic E-state index is 14.1. The van der Waals surface area contributed by atoms with Crippen LogP contribution in [-0.4, -0.2) is 47.0 Å². The van der Waals surface area contributed by atoms with E-state index in [1.807, 2.05) is 18.2 Å². The molecule has 5 rings (SSSR count). The van der Waals surface area contributed by atoms with E-state index < -0.39 is 11.6 Å². The second-order valence-electron chi connectivity index (χ2n) is 8.39. The Morgan fingerprint density at radius 3 is 2.57 bits per heavy atom. The molecule has 2 aromatic carbocycles.